The molecule has 3 aromatic rings. The summed E-state index contributed by atoms with van der Waals surface area (Å²) >= 11 is 0. The standard InChI is InChI=1S/C23H25N3O4/c27-22(21-15-28-19-7-3-4-8-20(19)29-21)24-11-14-26-12-9-16(10-13-26)23-25-17-5-1-2-6-18(17)30-23/h1-8,16,21H,9-15H2,(H,24,27). The number of likely N-dealkylation sites (tertiary alicyclic amines) is 1. The summed E-state index contributed by atoms with van der Waals surface area (Å²) in [4.78, 5) is 19.4. The Bertz CT molecular complexity index is 993. The second-order valence-electron chi connectivity index (χ2n) is 7.79. The number of benzene rings is 2. The van der Waals surface area contributed by atoms with Crippen LogP contribution in [0.15, 0.2) is 52.9 Å². The molecule has 0 radical (unpaired) electrons. The number of amides is 1. The number of nitrogens with zero attached hydrogens (tertiary/aromatic N) is 2. The molecule has 0 aliphatic carbocycles. The van der Waals surface area contributed by atoms with E-state index in [1.54, 1.807) is 0 Å². The summed E-state index contributed by atoms with van der Waals surface area (Å²) in [7, 11) is 0. The Hall–Kier alpha value is -3.06. The molecule has 2 aliphatic heterocycles. The van der Waals surface area contributed by atoms with E-state index < -0.39 is 6.10 Å². The monoisotopic (exact) mass is 407 g/mol. The van der Waals surface area contributed by atoms with Gasteiger partial charge in [-0.05, 0) is 50.2 Å². The van der Waals surface area contributed by atoms with Gasteiger partial charge in [-0.2, -0.15) is 0 Å². The number of carbonyl (C=O) groups is 1. The fourth-order valence-electron chi connectivity index (χ4n) is 4.07. The van der Waals surface area contributed by atoms with Gasteiger partial charge in [-0.1, -0.05) is 24.3 Å². The molecular weight excluding hydrogens is 382 g/mol. The fraction of sp³-hybridized carbons (Fsp3) is 0.391. The number of nitrogens with one attached hydrogen (secondary N) is 1. The Kier molecular flexibility index (Phi) is 5.27. The van der Waals surface area contributed by atoms with Crippen LogP contribution in [0.3, 0.4) is 0 Å². The van der Waals surface area contributed by atoms with Crippen molar-refractivity contribution in [3.05, 3.63) is 54.4 Å². The number of piperidine rings is 1. The second-order valence-corrected chi connectivity index (χ2v) is 7.79. The molecule has 30 heavy (non-hydrogen) atoms. The molecule has 0 spiro atoms. The number of hydrogen-bond acceptors (Lipinski definition) is 6. The molecule has 0 bridgehead atoms. The maximum absolute atomic E-state index is 12.4. The Morgan fingerprint density at radius 1 is 1.07 bits per heavy atom. The van der Waals surface area contributed by atoms with Crippen LogP contribution in [0.5, 0.6) is 11.5 Å². The van der Waals surface area contributed by atoms with Crippen molar-refractivity contribution in [2.45, 2.75) is 24.9 Å². The Balaban J connectivity index is 1.06. The lowest BCUT2D eigenvalue weighted by Gasteiger charge is -2.31. The third kappa shape index (κ3) is 3.98. The van der Waals surface area contributed by atoms with Gasteiger partial charge < -0.3 is 24.1 Å². The van der Waals surface area contributed by atoms with Crippen LogP contribution in [-0.4, -0.2) is 54.7 Å². The maximum Gasteiger partial charge on any atom is 0.264 e. The smallest absolute Gasteiger partial charge is 0.264 e. The van der Waals surface area contributed by atoms with E-state index in [1.165, 1.54) is 0 Å². The number of ether oxygens (including phenoxy) is 2. The SMILES string of the molecule is O=C(NCCN1CCC(c2nc3ccccc3o2)CC1)C1COc2ccccc2O1. The molecule has 0 saturated carbocycles. The summed E-state index contributed by atoms with van der Waals surface area (Å²) in [5, 5.41) is 2.97. The summed E-state index contributed by atoms with van der Waals surface area (Å²) in [6.07, 6.45) is 1.42. The third-order valence-electron chi connectivity index (χ3n) is 5.78. The van der Waals surface area contributed by atoms with Gasteiger partial charge in [0.15, 0.2) is 23.0 Å². The first-order valence-corrected chi connectivity index (χ1v) is 10.5. The average Bonchev–Trinajstić information content (AvgIpc) is 3.23. The molecule has 1 atom stereocenters. The van der Waals surface area contributed by atoms with Gasteiger partial charge in [-0.15, -0.1) is 0 Å². The van der Waals surface area contributed by atoms with Crippen molar-refractivity contribution < 1.29 is 18.7 Å². The summed E-state index contributed by atoms with van der Waals surface area (Å²) in [5.41, 5.74) is 1.78. The first-order valence-electron chi connectivity index (χ1n) is 10.5. The highest BCUT2D eigenvalue weighted by Gasteiger charge is 2.28. The van der Waals surface area contributed by atoms with Gasteiger partial charge in [0.2, 0.25) is 6.10 Å². The summed E-state index contributed by atoms with van der Waals surface area (Å²) < 4.78 is 17.3. The van der Waals surface area contributed by atoms with Crippen molar-refractivity contribution >= 4 is 17.0 Å². The van der Waals surface area contributed by atoms with Crippen molar-refractivity contribution in [1.29, 1.82) is 0 Å². The lowest BCUT2D eigenvalue weighted by molar-refractivity contribution is -0.130. The van der Waals surface area contributed by atoms with Crippen molar-refractivity contribution in [1.82, 2.24) is 15.2 Å². The highest BCUT2D eigenvalue weighted by molar-refractivity contribution is 5.81. The van der Waals surface area contributed by atoms with Crippen molar-refractivity contribution in [3.8, 4) is 11.5 Å². The molecular formula is C23H25N3O4. The van der Waals surface area contributed by atoms with Gasteiger partial charge in [-0.3, -0.25) is 4.79 Å². The maximum atomic E-state index is 12.4. The van der Waals surface area contributed by atoms with Crippen LogP contribution in [0.4, 0.5) is 0 Å². The average molecular weight is 407 g/mol. The van der Waals surface area contributed by atoms with Gasteiger partial charge in [0, 0.05) is 19.0 Å². The summed E-state index contributed by atoms with van der Waals surface area (Å²) in [6, 6.07) is 15.3. The Labute approximate surface area is 175 Å². The zero-order chi connectivity index (χ0) is 20.3. The highest BCUT2D eigenvalue weighted by atomic mass is 16.6. The molecule has 7 nitrogen and oxygen atoms in total. The zero-order valence-electron chi connectivity index (χ0n) is 16.8. The van der Waals surface area contributed by atoms with E-state index in [1.807, 2.05) is 48.5 Å². The molecule has 1 saturated heterocycles. The number of carbonyl (C=O) groups excluding carboxylic acids is 1. The molecule has 7 heteroatoms. The molecule has 2 aromatic carbocycles. The van der Waals surface area contributed by atoms with Crippen molar-refractivity contribution in [3.63, 3.8) is 0 Å². The zero-order valence-corrected chi connectivity index (χ0v) is 16.8. The number of hydrogen-bond donors (Lipinski definition) is 1. The number of para-hydroxylation sites is 4. The van der Waals surface area contributed by atoms with Crippen LogP contribution in [0.1, 0.15) is 24.7 Å². The van der Waals surface area contributed by atoms with E-state index >= 15 is 0 Å². The van der Waals surface area contributed by atoms with E-state index in [2.05, 4.69) is 15.2 Å². The van der Waals surface area contributed by atoms with E-state index in [0.717, 1.165) is 49.5 Å². The lowest BCUT2D eigenvalue weighted by Crippen LogP contribution is -2.46. The van der Waals surface area contributed by atoms with Crippen molar-refractivity contribution in [2.75, 3.05) is 32.8 Å². The van der Waals surface area contributed by atoms with Crippen LogP contribution in [0.25, 0.3) is 11.1 Å². The normalized spacial score (nSPS) is 19.7. The molecule has 5 rings (SSSR count). The van der Waals surface area contributed by atoms with Crippen molar-refractivity contribution in [2.24, 2.45) is 0 Å². The minimum atomic E-state index is -0.607. The first-order chi connectivity index (χ1) is 14.8. The molecule has 1 fully saturated rings. The van der Waals surface area contributed by atoms with E-state index in [9.17, 15) is 4.79 Å². The highest BCUT2D eigenvalue weighted by Crippen LogP contribution is 2.31. The predicted molar refractivity (Wildman–Crippen MR) is 112 cm³/mol. The molecule has 1 unspecified atom stereocenters. The molecule has 2 aliphatic rings. The second kappa shape index (κ2) is 8.36. The van der Waals surface area contributed by atoms with Gasteiger partial charge in [0.1, 0.15) is 12.1 Å². The van der Waals surface area contributed by atoms with E-state index in [-0.39, 0.29) is 12.5 Å². The lowest BCUT2D eigenvalue weighted by atomic mass is 9.97. The van der Waals surface area contributed by atoms with E-state index in [0.29, 0.717) is 24.0 Å². The summed E-state index contributed by atoms with van der Waals surface area (Å²) in [6.45, 7) is 3.58. The minimum absolute atomic E-state index is 0.133. The Morgan fingerprint density at radius 2 is 1.83 bits per heavy atom. The molecule has 156 valence electrons. The van der Waals surface area contributed by atoms with Gasteiger partial charge in [0.25, 0.3) is 5.91 Å². The quantitative estimate of drug-likeness (QED) is 0.701. The van der Waals surface area contributed by atoms with Gasteiger partial charge >= 0.3 is 0 Å². The minimum Gasteiger partial charge on any atom is -0.485 e. The fourth-order valence-corrected chi connectivity index (χ4v) is 4.07. The van der Waals surface area contributed by atoms with Crippen LogP contribution in [0.2, 0.25) is 0 Å². The van der Waals surface area contributed by atoms with Crippen LogP contribution < -0.4 is 14.8 Å². The van der Waals surface area contributed by atoms with Crippen LogP contribution in [-0.2, 0) is 4.79 Å². The topological polar surface area (TPSA) is 76.8 Å². The van der Waals surface area contributed by atoms with E-state index in [4.69, 9.17) is 13.9 Å². The number of oxazole rings is 1. The largest absolute Gasteiger partial charge is 0.485 e. The number of rotatable bonds is 5. The molecule has 1 aromatic heterocycles. The Morgan fingerprint density at radius 3 is 2.67 bits per heavy atom. The number of aromatic nitrogens is 1. The molecule has 1 N–H and O–H groups in total. The van der Waals surface area contributed by atoms with Crippen LogP contribution in [0, 0.1) is 0 Å². The number of fused-ring (bicyclic) bond motifs is 2. The molecule has 3 heterocycles. The van der Waals surface area contributed by atoms with Gasteiger partial charge in [0.05, 0.1) is 0 Å². The predicted octanol–water partition coefficient (Wildman–Crippen LogP) is 2.96. The summed E-state index contributed by atoms with van der Waals surface area (Å²) in [5.74, 6) is 2.37. The first kappa shape index (κ1) is 18.9. The molecule has 1 amide bonds. The third-order valence-corrected chi connectivity index (χ3v) is 5.78. The van der Waals surface area contributed by atoms with Gasteiger partial charge in [-0.25, -0.2) is 4.98 Å². The van der Waals surface area contributed by atoms with Crippen LogP contribution >= 0.6 is 0 Å².